The highest BCUT2D eigenvalue weighted by Crippen LogP contribution is 2.60. The van der Waals surface area contributed by atoms with Crippen LogP contribution in [0.25, 0.3) is 50.1 Å². The highest BCUT2D eigenvalue weighted by atomic mass is 16.5. The molecule has 0 radical (unpaired) electrons. The first-order valence-corrected chi connectivity index (χ1v) is 23.7. The number of ether oxygens (including phenoxy) is 1. The van der Waals surface area contributed by atoms with Gasteiger partial charge in [0.25, 0.3) is 0 Å². The Bertz CT molecular complexity index is 3140. The average molecular weight is 829 g/mol. The molecule has 2 heterocycles. The topological polar surface area (TPSA) is 33.6 Å². The smallest absolute Gasteiger partial charge is 0.129 e. The summed E-state index contributed by atoms with van der Waals surface area (Å²) in [6.45, 7) is 4.86. The quantitative estimate of drug-likeness (QED) is 0.188. The van der Waals surface area contributed by atoms with E-state index in [1.54, 1.807) is 11.1 Å². The second-order valence-corrected chi connectivity index (χ2v) is 19.6. The normalized spacial score (nSPS) is 21.4. The molecule has 0 bridgehead atoms. The van der Waals surface area contributed by atoms with Crippen LogP contribution in [-0.2, 0) is 10.8 Å². The highest BCUT2D eigenvalue weighted by Gasteiger charge is 2.46. The van der Waals surface area contributed by atoms with Gasteiger partial charge in [0.05, 0.1) is 6.04 Å². The first kappa shape index (κ1) is 37.8. The summed E-state index contributed by atoms with van der Waals surface area (Å²) < 4.78 is 6.47. The van der Waals surface area contributed by atoms with E-state index < -0.39 is 0 Å². The van der Waals surface area contributed by atoms with Gasteiger partial charge in [-0.25, -0.2) is 0 Å². The molecule has 1 saturated carbocycles. The number of allylic oxidation sites excluding steroid dienone is 6. The molecular weight excluding hydrogens is 777 g/mol. The zero-order chi connectivity index (χ0) is 42.6. The number of amidine groups is 1. The van der Waals surface area contributed by atoms with Crippen molar-refractivity contribution in [2.45, 2.75) is 88.2 Å². The Labute approximate surface area is 377 Å². The Morgan fingerprint density at radius 2 is 1.38 bits per heavy atom. The van der Waals surface area contributed by atoms with Crippen LogP contribution in [0.1, 0.15) is 105 Å². The van der Waals surface area contributed by atoms with Gasteiger partial charge in [0.15, 0.2) is 0 Å². The Balaban J connectivity index is 0.843. The Morgan fingerprint density at radius 3 is 2.23 bits per heavy atom. The molecule has 2 atom stereocenters. The number of fused-ring (bicyclic) bond motifs is 11. The fraction of sp³-hybridized carbons (Fsp3) is 0.230. The van der Waals surface area contributed by atoms with Gasteiger partial charge in [-0.2, -0.15) is 0 Å². The Morgan fingerprint density at radius 1 is 0.609 bits per heavy atom. The SMILES string of the molecule is CC1(C)c2cc3c(cc2-c2c(-c4ccc(-c5cccc(C6C=C(C7=CC=C8c9ccccc9OC8C7)NC(C7=CC=CCC7)=N6)c5)cc4)cccc21)C1(CCCCC1)c1ccccc1-3. The Kier molecular flexibility index (Phi) is 8.51. The molecule has 3 nitrogen and oxygen atoms in total. The van der Waals surface area contributed by atoms with Crippen LogP contribution in [0.15, 0.2) is 186 Å². The van der Waals surface area contributed by atoms with Crippen molar-refractivity contribution in [1.29, 1.82) is 0 Å². The molecule has 64 heavy (non-hydrogen) atoms. The largest absolute Gasteiger partial charge is 0.485 e. The first-order valence-electron chi connectivity index (χ1n) is 23.7. The molecule has 6 aromatic rings. The summed E-state index contributed by atoms with van der Waals surface area (Å²) in [4.78, 5) is 5.39. The lowest BCUT2D eigenvalue weighted by Crippen LogP contribution is -2.31. The number of rotatable bonds is 5. The lowest BCUT2D eigenvalue weighted by molar-refractivity contribution is 0.275. The monoisotopic (exact) mass is 828 g/mol. The fourth-order valence-electron chi connectivity index (χ4n) is 12.5. The predicted molar refractivity (Wildman–Crippen MR) is 264 cm³/mol. The summed E-state index contributed by atoms with van der Waals surface area (Å²) in [6.07, 6.45) is 22.8. The van der Waals surface area contributed by atoms with E-state index >= 15 is 0 Å². The molecule has 312 valence electrons. The molecular formula is C61H52N2O. The van der Waals surface area contributed by atoms with Gasteiger partial charge >= 0.3 is 0 Å². The highest BCUT2D eigenvalue weighted by molar-refractivity contribution is 6.01. The minimum atomic E-state index is -0.123. The summed E-state index contributed by atoms with van der Waals surface area (Å²) in [7, 11) is 0. The minimum Gasteiger partial charge on any atom is -0.485 e. The third-order valence-electron chi connectivity index (χ3n) is 15.7. The molecule has 2 unspecified atom stereocenters. The summed E-state index contributed by atoms with van der Waals surface area (Å²) in [5.74, 6) is 1.95. The summed E-state index contributed by atoms with van der Waals surface area (Å²) in [5, 5.41) is 3.78. The number of para-hydroxylation sites is 1. The van der Waals surface area contributed by atoms with E-state index in [1.165, 1.54) is 116 Å². The molecule has 6 aromatic carbocycles. The van der Waals surface area contributed by atoms with Crippen LogP contribution >= 0.6 is 0 Å². The van der Waals surface area contributed by atoms with E-state index in [-0.39, 0.29) is 23.0 Å². The third kappa shape index (κ3) is 5.75. The predicted octanol–water partition coefficient (Wildman–Crippen LogP) is 14.9. The van der Waals surface area contributed by atoms with Crippen molar-refractivity contribution in [1.82, 2.24) is 5.32 Å². The molecule has 1 fully saturated rings. The molecule has 1 spiro atoms. The standard InChI is InChI=1S/C61H52N2O/c1-60(2)51-23-14-21-44(58(51)49-36-53-48(35-52(49)60)45-19-7-9-22-50(45)61(53)31-11-4-12-32-61)39-27-25-38(26-28-39)41-17-13-18-42(33-41)54-37-55(63-59(62-54)40-15-5-3-6-16-40)43-29-30-47-46-20-8-10-24-56(46)64-57(47)34-43/h3,5,7-10,13-15,17-30,33,35-37,54,57H,4,6,11-12,16,31-32,34H2,1-2H3,(H,62,63). The molecule has 7 aliphatic rings. The van der Waals surface area contributed by atoms with Gasteiger partial charge < -0.3 is 10.1 Å². The van der Waals surface area contributed by atoms with Crippen molar-refractivity contribution in [2.24, 2.45) is 4.99 Å². The van der Waals surface area contributed by atoms with Crippen molar-refractivity contribution >= 4 is 11.4 Å². The third-order valence-corrected chi connectivity index (χ3v) is 15.7. The first-order chi connectivity index (χ1) is 31.4. The lowest BCUT2D eigenvalue weighted by atomic mass is 9.67. The zero-order valence-electron chi connectivity index (χ0n) is 36.8. The minimum absolute atomic E-state index is 0.0226. The van der Waals surface area contributed by atoms with Crippen LogP contribution in [-0.4, -0.2) is 11.9 Å². The zero-order valence-corrected chi connectivity index (χ0v) is 36.8. The van der Waals surface area contributed by atoms with E-state index in [4.69, 9.17) is 9.73 Å². The van der Waals surface area contributed by atoms with Gasteiger partial charge in [-0.05, 0) is 139 Å². The average Bonchev–Trinajstić information content (AvgIpc) is 3.94. The molecule has 5 aliphatic carbocycles. The van der Waals surface area contributed by atoms with Crippen molar-refractivity contribution in [3.63, 3.8) is 0 Å². The van der Waals surface area contributed by atoms with Gasteiger partial charge in [0, 0.05) is 34.1 Å². The molecule has 1 N–H and O–H groups in total. The molecule has 0 amide bonds. The van der Waals surface area contributed by atoms with Crippen LogP contribution in [0, 0.1) is 0 Å². The number of hydrogen-bond acceptors (Lipinski definition) is 3. The van der Waals surface area contributed by atoms with Crippen LogP contribution in [0.3, 0.4) is 0 Å². The second-order valence-electron chi connectivity index (χ2n) is 19.6. The van der Waals surface area contributed by atoms with Gasteiger partial charge in [-0.1, -0.05) is 167 Å². The maximum atomic E-state index is 6.47. The van der Waals surface area contributed by atoms with Crippen LogP contribution in [0.4, 0.5) is 0 Å². The lowest BCUT2D eigenvalue weighted by Gasteiger charge is -2.36. The van der Waals surface area contributed by atoms with Crippen molar-refractivity contribution in [3.05, 3.63) is 214 Å². The molecule has 3 heteroatoms. The molecule has 0 aromatic heterocycles. The van der Waals surface area contributed by atoms with Gasteiger partial charge in [0.2, 0.25) is 0 Å². The van der Waals surface area contributed by atoms with Crippen molar-refractivity contribution in [3.8, 4) is 50.3 Å². The second kappa shape index (κ2) is 14.4. The van der Waals surface area contributed by atoms with Gasteiger partial charge in [0.1, 0.15) is 17.7 Å². The number of nitrogens with zero attached hydrogens (tertiary/aromatic N) is 1. The van der Waals surface area contributed by atoms with E-state index in [2.05, 4.69) is 183 Å². The van der Waals surface area contributed by atoms with Crippen molar-refractivity contribution < 1.29 is 4.74 Å². The molecule has 0 saturated heterocycles. The van der Waals surface area contributed by atoms with E-state index in [0.29, 0.717) is 0 Å². The van der Waals surface area contributed by atoms with Crippen LogP contribution < -0.4 is 10.1 Å². The summed E-state index contributed by atoms with van der Waals surface area (Å²) in [5.41, 5.74) is 24.1. The number of benzene rings is 6. The number of nitrogens with one attached hydrogen (secondary N) is 1. The maximum Gasteiger partial charge on any atom is 0.129 e. The van der Waals surface area contributed by atoms with Gasteiger partial charge in [-0.15, -0.1) is 0 Å². The van der Waals surface area contributed by atoms with E-state index in [0.717, 1.165) is 36.5 Å². The number of aliphatic imine (C=N–C) groups is 1. The van der Waals surface area contributed by atoms with Crippen LogP contribution in [0.5, 0.6) is 5.75 Å². The Hall–Kier alpha value is -6.71. The fourth-order valence-corrected chi connectivity index (χ4v) is 12.5. The van der Waals surface area contributed by atoms with E-state index in [9.17, 15) is 0 Å². The molecule has 2 aliphatic heterocycles. The summed E-state index contributed by atoms with van der Waals surface area (Å²) >= 11 is 0. The van der Waals surface area contributed by atoms with Gasteiger partial charge in [-0.3, -0.25) is 4.99 Å². The van der Waals surface area contributed by atoms with Crippen LogP contribution in [0.2, 0.25) is 0 Å². The maximum absolute atomic E-state index is 6.47. The van der Waals surface area contributed by atoms with E-state index in [1.807, 2.05) is 0 Å². The van der Waals surface area contributed by atoms with Crippen molar-refractivity contribution in [2.75, 3.05) is 0 Å². The number of hydrogen-bond donors (Lipinski definition) is 1. The molecule has 13 rings (SSSR count). The summed E-state index contributed by atoms with van der Waals surface area (Å²) in [6, 6.07) is 48.2.